The van der Waals surface area contributed by atoms with Crippen LogP contribution in [0.3, 0.4) is 0 Å². The van der Waals surface area contributed by atoms with Crippen molar-refractivity contribution in [1.29, 1.82) is 5.26 Å². The maximum Gasteiger partial charge on any atom is 0.142 e. The van der Waals surface area contributed by atoms with Crippen molar-refractivity contribution in [1.82, 2.24) is 9.78 Å². The van der Waals surface area contributed by atoms with E-state index in [0.29, 0.717) is 5.56 Å². The number of rotatable bonds is 6. The molecule has 1 aromatic rings. The SMILES string of the molecule is C=CCSCCNc1c(C#N)c(C)nn1C. The van der Waals surface area contributed by atoms with Crippen LogP contribution >= 0.6 is 11.8 Å². The lowest BCUT2D eigenvalue weighted by molar-refractivity contribution is 0.760. The smallest absolute Gasteiger partial charge is 0.142 e. The molecule has 0 atom stereocenters. The van der Waals surface area contributed by atoms with Gasteiger partial charge in [0, 0.05) is 25.1 Å². The van der Waals surface area contributed by atoms with Crippen LogP contribution in [0.15, 0.2) is 12.7 Å². The minimum absolute atomic E-state index is 0.635. The first-order valence-corrected chi connectivity index (χ1v) is 6.22. The van der Waals surface area contributed by atoms with E-state index in [-0.39, 0.29) is 0 Å². The highest BCUT2D eigenvalue weighted by molar-refractivity contribution is 7.99. The molecule has 0 amide bonds. The minimum Gasteiger partial charge on any atom is -0.368 e. The Kier molecular flexibility index (Phi) is 4.93. The molecule has 16 heavy (non-hydrogen) atoms. The summed E-state index contributed by atoms with van der Waals surface area (Å²) in [6, 6.07) is 2.17. The summed E-state index contributed by atoms with van der Waals surface area (Å²) >= 11 is 1.81. The molecule has 1 heterocycles. The molecule has 0 saturated carbocycles. The molecule has 0 spiro atoms. The highest BCUT2D eigenvalue weighted by Crippen LogP contribution is 2.17. The molecule has 0 bridgehead atoms. The van der Waals surface area contributed by atoms with E-state index in [2.05, 4.69) is 23.1 Å². The summed E-state index contributed by atoms with van der Waals surface area (Å²) in [6.07, 6.45) is 1.89. The summed E-state index contributed by atoms with van der Waals surface area (Å²) in [6.45, 7) is 6.33. The molecule has 1 aromatic heterocycles. The van der Waals surface area contributed by atoms with Gasteiger partial charge in [0.05, 0.1) is 5.69 Å². The maximum absolute atomic E-state index is 8.99. The Labute approximate surface area is 100 Å². The number of aryl methyl sites for hydroxylation is 2. The monoisotopic (exact) mass is 236 g/mol. The zero-order valence-corrected chi connectivity index (χ0v) is 10.5. The van der Waals surface area contributed by atoms with Gasteiger partial charge in [-0.3, -0.25) is 4.68 Å². The third-order valence-corrected chi connectivity index (χ3v) is 3.07. The van der Waals surface area contributed by atoms with Crippen molar-refractivity contribution in [2.75, 3.05) is 23.4 Å². The molecule has 1 rings (SSSR count). The summed E-state index contributed by atoms with van der Waals surface area (Å²) in [5, 5.41) is 16.4. The van der Waals surface area contributed by atoms with E-state index in [9.17, 15) is 0 Å². The predicted molar refractivity (Wildman–Crippen MR) is 68.7 cm³/mol. The van der Waals surface area contributed by atoms with Crippen LogP contribution in [0, 0.1) is 18.3 Å². The van der Waals surface area contributed by atoms with E-state index in [4.69, 9.17) is 5.26 Å². The van der Waals surface area contributed by atoms with E-state index in [0.717, 1.165) is 29.6 Å². The second-order valence-electron chi connectivity index (χ2n) is 3.33. The first-order chi connectivity index (χ1) is 7.70. The molecule has 0 fully saturated rings. The molecule has 0 radical (unpaired) electrons. The highest BCUT2D eigenvalue weighted by Gasteiger charge is 2.11. The molecule has 4 nitrogen and oxygen atoms in total. The number of thioether (sulfide) groups is 1. The number of nitrogens with one attached hydrogen (secondary N) is 1. The molecular weight excluding hydrogens is 220 g/mol. The number of anilines is 1. The quantitative estimate of drug-likeness (QED) is 0.605. The van der Waals surface area contributed by atoms with Crippen LogP contribution in [-0.4, -0.2) is 27.8 Å². The molecule has 0 aliphatic heterocycles. The molecule has 86 valence electrons. The summed E-state index contributed by atoms with van der Waals surface area (Å²) in [5.74, 6) is 2.75. The largest absolute Gasteiger partial charge is 0.368 e. The van der Waals surface area contributed by atoms with E-state index in [1.807, 2.05) is 20.0 Å². The Hall–Kier alpha value is -1.41. The third kappa shape index (κ3) is 3.04. The van der Waals surface area contributed by atoms with Gasteiger partial charge in [-0.05, 0) is 6.92 Å². The van der Waals surface area contributed by atoms with Crippen LogP contribution in [0.4, 0.5) is 5.82 Å². The summed E-state index contributed by atoms with van der Waals surface area (Å²) < 4.78 is 1.71. The number of nitriles is 1. The fraction of sp³-hybridized carbons (Fsp3) is 0.455. The Bertz CT molecular complexity index is 403. The second kappa shape index (κ2) is 6.23. The number of nitrogens with zero attached hydrogens (tertiary/aromatic N) is 3. The fourth-order valence-electron chi connectivity index (χ4n) is 1.40. The summed E-state index contributed by atoms with van der Waals surface area (Å²) in [7, 11) is 1.84. The van der Waals surface area contributed by atoms with E-state index >= 15 is 0 Å². The zero-order valence-electron chi connectivity index (χ0n) is 9.66. The fourth-order valence-corrected chi connectivity index (χ4v) is 1.98. The molecule has 0 aliphatic rings. The maximum atomic E-state index is 8.99. The normalized spacial score (nSPS) is 9.81. The highest BCUT2D eigenvalue weighted by atomic mass is 32.2. The third-order valence-electron chi connectivity index (χ3n) is 2.11. The lowest BCUT2D eigenvalue weighted by Crippen LogP contribution is -2.09. The Morgan fingerprint density at radius 2 is 2.44 bits per heavy atom. The molecule has 0 aliphatic carbocycles. The van der Waals surface area contributed by atoms with E-state index < -0.39 is 0 Å². The average Bonchev–Trinajstić information content (AvgIpc) is 2.53. The van der Waals surface area contributed by atoms with Gasteiger partial charge in [0.1, 0.15) is 17.5 Å². The van der Waals surface area contributed by atoms with Gasteiger partial charge in [-0.2, -0.15) is 22.1 Å². The Morgan fingerprint density at radius 3 is 3.06 bits per heavy atom. The summed E-state index contributed by atoms with van der Waals surface area (Å²) in [4.78, 5) is 0. The Balaban J connectivity index is 2.54. The van der Waals surface area contributed by atoms with Crippen LogP contribution < -0.4 is 5.32 Å². The standard InChI is InChI=1S/C11H16N4S/c1-4-6-16-7-5-13-11-10(8-12)9(2)14-15(11)3/h4,13H,1,5-7H2,2-3H3. The van der Waals surface area contributed by atoms with Gasteiger partial charge in [-0.25, -0.2) is 0 Å². The Morgan fingerprint density at radius 1 is 1.69 bits per heavy atom. The van der Waals surface area contributed by atoms with Crippen molar-refractivity contribution in [3.63, 3.8) is 0 Å². The number of hydrogen-bond acceptors (Lipinski definition) is 4. The molecule has 5 heteroatoms. The van der Waals surface area contributed by atoms with Crippen molar-refractivity contribution in [2.45, 2.75) is 6.92 Å². The molecule has 0 aromatic carbocycles. The molecular formula is C11H16N4S. The van der Waals surface area contributed by atoms with Gasteiger partial charge in [-0.1, -0.05) is 6.08 Å². The van der Waals surface area contributed by atoms with Gasteiger partial charge in [-0.15, -0.1) is 6.58 Å². The number of aromatic nitrogens is 2. The molecule has 0 unspecified atom stereocenters. The van der Waals surface area contributed by atoms with Crippen molar-refractivity contribution in [3.8, 4) is 6.07 Å². The van der Waals surface area contributed by atoms with Crippen LogP contribution in [-0.2, 0) is 7.05 Å². The van der Waals surface area contributed by atoms with Crippen molar-refractivity contribution in [2.24, 2.45) is 7.05 Å². The molecule has 0 saturated heterocycles. The zero-order chi connectivity index (χ0) is 12.0. The lowest BCUT2D eigenvalue weighted by atomic mass is 10.2. The number of hydrogen-bond donors (Lipinski definition) is 1. The molecule has 1 N–H and O–H groups in total. The predicted octanol–water partition coefficient (Wildman–Crippen LogP) is 1.93. The topological polar surface area (TPSA) is 53.6 Å². The van der Waals surface area contributed by atoms with Gasteiger partial charge in [0.25, 0.3) is 0 Å². The van der Waals surface area contributed by atoms with Gasteiger partial charge < -0.3 is 5.32 Å². The average molecular weight is 236 g/mol. The van der Waals surface area contributed by atoms with Crippen LogP contribution in [0.1, 0.15) is 11.3 Å². The van der Waals surface area contributed by atoms with Crippen LogP contribution in [0.5, 0.6) is 0 Å². The van der Waals surface area contributed by atoms with Gasteiger partial charge in [0.2, 0.25) is 0 Å². The lowest BCUT2D eigenvalue weighted by Gasteiger charge is -2.06. The summed E-state index contributed by atoms with van der Waals surface area (Å²) in [5.41, 5.74) is 1.41. The van der Waals surface area contributed by atoms with Gasteiger partial charge >= 0.3 is 0 Å². The van der Waals surface area contributed by atoms with Gasteiger partial charge in [0.15, 0.2) is 0 Å². The van der Waals surface area contributed by atoms with Crippen molar-refractivity contribution in [3.05, 3.63) is 23.9 Å². The van der Waals surface area contributed by atoms with Crippen LogP contribution in [0.2, 0.25) is 0 Å². The minimum atomic E-state index is 0.635. The van der Waals surface area contributed by atoms with E-state index in [1.165, 1.54) is 0 Å². The first kappa shape index (κ1) is 12.7. The van der Waals surface area contributed by atoms with Crippen molar-refractivity contribution >= 4 is 17.6 Å². The van der Waals surface area contributed by atoms with Crippen LogP contribution in [0.25, 0.3) is 0 Å². The van der Waals surface area contributed by atoms with E-state index in [1.54, 1.807) is 16.4 Å². The second-order valence-corrected chi connectivity index (χ2v) is 4.48. The first-order valence-electron chi connectivity index (χ1n) is 5.07. The van der Waals surface area contributed by atoms with Crippen molar-refractivity contribution < 1.29 is 0 Å².